The van der Waals surface area contributed by atoms with Gasteiger partial charge in [0.2, 0.25) is 0 Å². The third-order valence-electron chi connectivity index (χ3n) is 2.38. The van der Waals surface area contributed by atoms with Crippen molar-refractivity contribution in [1.29, 1.82) is 0 Å². The molecule has 0 saturated carbocycles. The predicted molar refractivity (Wildman–Crippen MR) is 73.9 cm³/mol. The molecule has 0 aliphatic carbocycles. The number of hydrogen-bond acceptors (Lipinski definition) is 4. The Bertz CT molecular complexity index is 560. The van der Waals surface area contributed by atoms with Gasteiger partial charge in [0, 0.05) is 36.5 Å². The van der Waals surface area contributed by atoms with Crippen LogP contribution in [0.15, 0.2) is 23.1 Å². The van der Waals surface area contributed by atoms with Crippen molar-refractivity contribution in [3.8, 4) is 0 Å². The van der Waals surface area contributed by atoms with Crippen LogP contribution in [-0.4, -0.2) is 33.8 Å². The topological polar surface area (TPSA) is 101 Å². The number of urea groups is 1. The highest BCUT2D eigenvalue weighted by atomic mass is 35.5. The van der Waals surface area contributed by atoms with Crippen molar-refractivity contribution in [2.45, 2.75) is 11.4 Å². The van der Waals surface area contributed by atoms with Gasteiger partial charge < -0.3 is 16.4 Å². The highest BCUT2D eigenvalue weighted by molar-refractivity contribution is 7.90. The maximum absolute atomic E-state index is 11.6. The molecular formula is C11H16ClN3O3S. The molecule has 1 aromatic carbocycles. The van der Waals surface area contributed by atoms with Crippen molar-refractivity contribution in [1.82, 2.24) is 10.6 Å². The van der Waals surface area contributed by atoms with Crippen molar-refractivity contribution < 1.29 is 13.2 Å². The fourth-order valence-corrected chi connectivity index (χ4v) is 2.80. The number of nitrogens with one attached hydrogen (secondary N) is 2. The van der Waals surface area contributed by atoms with Crippen LogP contribution in [-0.2, 0) is 16.4 Å². The monoisotopic (exact) mass is 305 g/mol. The van der Waals surface area contributed by atoms with Crippen LogP contribution >= 0.6 is 11.6 Å². The smallest absolute Gasteiger partial charge is 0.312 e. The zero-order chi connectivity index (χ0) is 14.5. The summed E-state index contributed by atoms with van der Waals surface area (Å²) in [4.78, 5) is 10.7. The van der Waals surface area contributed by atoms with Gasteiger partial charge in [0.1, 0.15) is 0 Å². The molecule has 0 unspecified atom stereocenters. The predicted octanol–water partition coefficient (Wildman–Crippen LogP) is 0.501. The summed E-state index contributed by atoms with van der Waals surface area (Å²) in [6, 6.07) is 4.14. The molecule has 0 spiro atoms. The van der Waals surface area contributed by atoms with E-state index in [-0.39, 0.29) is 4.90 Å². The molecule has 106 valence electrons. The lowest BCUT2D eigenvalue weighted by molar-refractivity contribution is 0.249. The summed E-state index contributed by atoms with van der Waals surface area (Å²) in [6.07, 6.45) is 1.14. The van der Waals surface area contributed by atoms with Crippen LogP contribution in [0, 0.1) is 0 Å². The van der Waals surface area contributed by atoms with E-state index < -0.39 is 15.9 Å². The molecule has 1 aromatic rings. The Labute approximate surface area is 117 Å². The third kappa shape index (κ3) is 5.06. The molecule has 6 nitrogen and oxygen atoms in total. The molecule has 8 heteroatoms. The zero-order valence-corrected chi connectivity index (χ0v) is 12.0. The fraction of sp³-hybridized carbons (Fsp3) is 0.364. The van der Waals surface area contributed by atoms with Crippen LogP contribution in [0.2, 0.25) is 5.02 Å². The van der Waals surface area contributed by atoms with Crippen LogP contribution in [0.3, 0.4) is 0 Å². The number of carbonyl (C=O) groups is 1. The van der Waals surface area contributed by atoms with Crippen LogP contribution in [0.25, 0.3) is 0 Å². The van der Waals surface area contributed by atoms with Crippen molar-refractivity contribution >= 4 is 27.5 Å². The van der Waals surface area contributed by atoms with E-state index in [2.05, 4.69) is 10.6 Å². The highest BCUT2D eigenvalue weighted by Crippen LogP contribution is 2.23. The molecule has 0 aromatic heterocycles. The van der Waals surface area contributed by atoms with E-state index in [4.69, 9.17) is 17.3 Å². The third-order valence-corrected chi connectivity index (χ3v) is 3.91. The number of benzene rings is 1. The number of rotatable bonds is 6. The number of amides is 2. The van der Waals surface area contributed by atoms with Crippen LogP contribution < -0.4 is 16.4 Å². The van der Waals surface area contributed by atoms with Crippen LogP contribution in [0.4, 0.5) is 4.79 Å². The van der Waals surface area contributed by atoms with Crippen molar-refractivity contribution in [3.05, 3.63) is 28.8 Å². The maximum Gasteiger partial charge on any atom is 0.312 e. The molecule has 19 heavy (non-hydrogen) atoms. The van der Waals surface area contributed by atoms with Gasteiger partial charge in [-0.2, -0.15) is 0 Å². The first-order valence-corrected chi connectivity index (χ1v) is 7.81. The van der Waals surface area contributed by atoms with Crippen molar-refractivity contribution in [2.24, 2.45) is 5.73 Å². The van der Waals surface area contributed by atoms with E-state index in [9.17, 15) is 13.2 Å². The first-order valence-electron chi connectivity index (χ1n) is 5.54. The summed E-state index contributed by atoms with van der Waals surface area (Å²) >= 11 is 6.00. The largest absolute Gasteiger partial charge is 0.352 e. The Morgan fingerprint density at radius 2 is 2.05 bits per heavy atom. The van der Waals surface area contributed by atoms with Gasteiger partial charge in [-0.15, -0.1) is 0 Å². The first-order chi connectivity index (χ1) is 8.82. The number of sulfone groups is 1. The minimum Gasteiger partial charge on any atom is -0.352 e. The van der Waals surface area contributed by atoms with E-state index >= 15 is 0 Å². The maximum atomic E-state index is 11.6. The Morgan fingerprint density at radius 1 is 1.37 bits per heavy atom. The Balaban J connectivity index is 2.70. The number of hydrogen-bond donors (Lipinski definition) is 3. The van der Waals surface area contributed by atoms with Gasteiger partial charge in [-0.05, 0) is 12.1 Å². The molecule has 0 heterocycles. The van der Waals surface area contributed by atoms with Gasteiger partial charge >= 0.3 is 6.03 Å². The van der Waals surface area contributed by atoms with Gasteiger partial charge in [-0.25, -0.2) is 13.2 Å². The first kappa shape index (κ1) is 15.7. The molecule has 0 atom stereocenters. The van der Waals surface area contributed by atoms with Gasteiger partial charge in [-0.3, -0.25) is 0 Å². The average Bonchev–Trinajstić information content (AvgIpc) is 2.28. The average molecular weight is 306 g/mol. The molecule has 1 rings (SSSR count). The molecule has 0 bridgehead atoms. The number of primary amides is 1. The summed E-state index contributed by atoms with van der Waals surface area (Å²) in [5.74, 6) is 0. The molecule has 2 amide bonds. The van der Waals surface area contributed by atoms with Crippen LogP contribution in [0.5, 0.6) is 0 Å². The lowest BCUT2D eigenvalue weighted by Crippen LogP contribution is -2.35. The second-order valence-corrected chi connectivity index (χ2v) is 6.35. The standard InChI is InChI=1S/C11H16ClN3O3S/c1-19(17,18)10-4-2-3-9(12)8(10)7-14-5-6-15-11(13)16/h2-4,14H,5-7H2,1H3,(H3,13,15,16). The summed E-state index contributed by atoms with van der Waals surface area (Å²) in [5, 5.41) is 5.79. The van der Waals surface area contributed by atoms with Crippen LogP contribution in [0.1, 0.15) is 5.56 Å². The Morgan fingerprint density at radius 3 is 2.63 bits per heavy atom. The lowest BCUT2D eigenvalue weighted by Gasteiger charge is -2.11. The van der Waals surface area contributed by atoms with E-state index in [0.29, 0.717) is 30.2 Å². The minimum atomic E-state index is -3.33. The summed E-state index contributed by atoms with van der Waals surface area (Å²) < 4.78 is 23.2. The van der Waals surface area contributed by atoms with Gasteiger partial charge in [0.25, 0.3) is 0 Å². The quantitative estimate of drug-likeness (QED) is 0.666. The van der Waals surface area contributed by atoms with E-state index in [0.717, 1.165) is 6.26 Å². The lowest BCUT2D eigenvalue weighted by atomic mass is 10.2. The van der Waals surface area contributed by atoms with Crippen molar-refractivity contribution in [2.75, 3.05) is 19.3 Å². The Kier molecular flexibility index (Phi) is 5.59. The van der Waals surface area contributed by atoms with E-state index in [1.807, 2.05) is 0 Å². The second kappa shape index (κ2) is 6.74. The molecule has 0 saturated heterocycles. The van der Waals surface area contributed by atoms with E-state index in [1.54, 1.807) is 12.1 Å². The van der Waals surface area contributed by atoms with Gasteiger partial charge in [-0.1, -0.05) is 17.7 Å². The Hall–Kier alpha value is -1.31. The molecule has 4 N–H and O–H groups in total. The normalized spacial score (nSPS) is 11.3. The molecule has 0 radical (unpaired) electrons. The zero-order valence-electron chi connectivity index (χ0n) is 10.4. The number of nitrogens with two attached hydrogens (primary N) is 1. The highest BCUT2D eigenvalue weighted by Gasteiger charge is 2.15. The molecule has 0 fully saturated rings. The summed E-state index contributed by atoms with van der Waals surface area (Å²) in [6.45, 7) is 1.11. The SMILES string of the molecule is CS(=O)(=O)c1cccc(Cl)c1CNCCNC(N)=O. The molecule has 0 aliphatic rings. The summed E-state index contributed by atoms with van der Waals surface area (Å²) in [7, 11) is -3.33. The molecule has 0 aliphatic heterocycles. The van der Waals surface area contributed by atoms with Crippen molar-refractivity contribution in [3.63, 3.8) is 0 Å². The van der Waals surface area contributed by atoms with Gasteiger partial charge in [0.05, 0.1) is 4.90 Å². The number of halogens is 1. The minimum absolute atomic E-state index is 0.204. The van der Waals surface area contributed by atoms with Gasteiger partial charge in [0.15, 0.2) is 9.84 Å². The summed E-state index contributed by atoms with van der Waals surface area (Å²) in [5.41, 5.74) is 5.43. The fourth-order valence-electron chi connectivity index (χ4n) is 1.55. The second-order valence-electron chi connectivity index (χ2n) is 3.96. The molecular weight excluding hydrogens is 290 g/mol. The van der Waals surface area contributed by atoms with E-state index in [1.165, 1.54) is 6.07 Å². The number of carbonyl (C=O) groups excluding carboxylic acids is 1.